The van der Waals surface area contributed by atoms with Gasteiger partial charge in [-0.15, -0.1) is 0 Å². The van der Waals surface area contributed by atoms with Crippen LogP contribution in [0.3, 0.4) is 0 Å². The van der Waals surface area contributed by atoms with Crippen LogP contribution in [0.1, 0.15) is 32.0 Å². The minimum absolute atomic E-state index is 0.238. The van der Waals surface area contributed by atoms with Crippen LogP contribution in [0, 0.1) is 13.8 Å². The van der Waals surface area contributed by atoms with Crippen molar-refractivity contribution in [2.24, 2.45) is 0 Å². The van der Waals surface area contributed by atoms with E-state index in [0.29, 0.717) is 22.8 Å². The fraction of sp³-hybridized carbons (Fsp3) is 0.143. The molecule has 0 saturated carbocycles. The highest BCUT2D eigenvalue weighted by Crippen LogP contribution is 2.18. The largest absolute Gasteiger partial charge is 0.465 e. The van der Waals surface area contributed by atoms with Crippen molar-refractivity contribution in [2.45, 2.75) is 13.8 Å². The average molecular weight is 376 g/mol. The van der Waals surface area contributed by atoms with Crippen LogP contribution in [0.15, 0.2) is 54.9 Å². The van der Waals surface area contributed by atoms with E-state index in [1.165, 1.54) is 13.4 Å². The molecule has 1 aromatic heterocycles. The number of benzene rings is 2. The molecule has 0 aliphatic carbocycles. The van der Waals surface area contributed by atoms with Crippen molar-refractivity contribution in [3.63, 3.8) is 0 Å². The molecule has 3 rings (SSSR count). The molecule has 0 radical (unpaired) electrons. The van der Waals surface area contributed by atoms with Gasteiger partial charge in [0.1, 0.15) is 17.8 Å². The molecule has 28 heavy (non-hydrogen) atoms. The zero-order valence-corrected chi connectivity index (χ0v) is 15.8. The highest BCUT2D eigenvalue weighted by molar-refractivity contribution is 6.03. The maximum absolute atomic E-state index is 12.5. The lowest BCUT2D eigenvalue weighted by Gasteiger charge is -2.09. The van der Waals surface area contributed by atoms with Crippen LogP contribution in [0.4, 0.5) is 17.2 Å². The van der Waals surface area contributed by atoms with Gasteiger partial charge in [0.2, 0.25) is 0 Å². The zero-order chi connectivity index (χ0) is 20.1. The molecule has 0 aliphatic heterocycles. The first-order valence-corrected chi connectivity index (χ1v) is 8.62. The van der Waals surface area contributed by atoms with E-state index in [4.69, 9.17) is 0 Å². The van der Waals surface area contributed by atoms with E-state index in [1.54, 1.807) is 30.3 Å². The van der Waals surface area contributed by atoms with Crippen molar-refractivity contribution in [3.8, 4) is 0 Å². The molecule has 0 bridgehead atoms. The number of aryl methyl sites for hydroxylation is 2. The third-order valence-electron chi connectivity index (χ3n) is 4.24. The number of anilines is 3. The first-order valence-electron chi connectivity index (χ1n) is 8.62. The van der Waals surface area contributed by atoms with E-state index >= 15 is 0 Å². The minimum Gasteiger partial charge on any atom is -0.465 e. The van der Waals surface area contributed by atoms with Crippen molar-refractivity contribution in [1.29, 1.82) is 0 Å². The molecule has 1 heterocycles. The average Bonchev–Trinajstić information content (AvgIpc) is 2.71. The highest BCUT2D eigenvalue weighted by Gasteiger charge is 2.10. The van der Waals surface area contributed by atoms with E-state index in [2.05, 4.69) is 25.3 Å². The second kappa shape index (κ2) is 8.30. The van der Waals surface area contributed by atoms with E-state index < -0.39 is 5.97 Å². The number of amides is 1. The number of aromatic nitrogens is 2. The maximum atomic E-state index is 12.5. The lowest BCUT2D eigenvalue weighted by Crippen LogP contribution is -2.14. The molecule has 0 fully saturated rings. The van der Waals surface area contributed by atoms with E-state index in [-0.39, 0.29) is 11.6 Å². The molecule has 7 nitrogen and oxygen atoms in total. The fourth-order valence-corrected chi connectivity index (χ4v) is 2.52. The van der Waals surface area contributed by atoms with Gasteiger partial charge >= 0.3 is 5.97 Å². The van der Waals surface area contributed by atoms with Gasteiger partial charge in [-0.25, -0.2) is 14.8 Å². The van der Waals surface area contributed by atoms with Gasteiger partial charge in [-0.3, -0.25) is 4.79 Å². The summed E-state index contributed by atoms with van der Waals surface area (Å²) < 4.78 is 4.67. The lowest BCUT2D eigenvalue weighted by atomic mass is 10.1. The number of carbonyl (C=O) groups excluding carboxylic acids is 2. The topological polar surface area (TPSA) is 93.2 Å². The highest BCUT2D eigenvalue weighted by atomic mass is 16.5. The number of ether oxygens (including phenoxy) is 1. The van der Waals surface area contributed by atoms with Gasteiger partial charge in [0.05, 0.1) is 12.7 Å². The predicted octanol–water partition coefficient (Wildman–Crippen LogP) is 3.88. The summed E-state index contributed by atoms with van der Waals surface area (Å²) in [6.07, 6.45) is 1.32. The van der Waals surface area contributed by atoms with Gasteiger partial charge in [-0.2, -0.15) is 0 Å². The van der Waals surface area contributed by atoms with Crippen LogP contribution in [0.2, 0.25) is 0 Å². The maximum Gasteiger partial charge on any atom is 0.337 e. The van der Waals surface area contributed by atoms with E-state index in [0.717, 1.165) is 11.1 Å². The summed E-state index contributed by atoms with van der Waals surface area (Å²) >= 11 is 0. The Bertz CT molecular complexity index is 1020. The van der Waals surface area contributed by atoms with Crippen LogP contribution >= 0.6 is 0 Å². The molecular weight excluding hydrogens is 356 g/mol. The monoisotopic (exact) mass is 376 g/mol. The summed E-state index contributed by atoms with van der Waals surface area (Å²) in [7, 11) is 1.33. The Morgan fingerprint density at radius 2 is 1.61 bits per heavy atom. The third kappa shape index (κ3) is 4.50. The van der Waals surface area contributed by atoms with Gasteiger partial charge < -0.3 is 15.4 Å². The summed E-state index contributed by atoms with van der Waals surface area (Å²) in [5, 5.41) is 5.92. The molecule has 0 spiro atoms. The second-order valence-electron chi connectivity index (χ2n) is 6.24. The number of nitrogens with zero attached hydrogens (tertiary/aromatic N) is 2. The number of esters is 1. The summed E-state index contributed by atoms with van der Waals surface area (Å²) in [5.74, 6) is -0.264. The molecule has 142 valence electrons. The fourth-order valence-electron chi connectivity index (χ4n) is 2.52. The Balaban J connectivity index is 1.71. The smallest absolute Gasteiger partial charge is 0.337 e. The van der Waals surface area contributed by atoms with Crippen LogP contribution in [0.25, 0.3) is 0 Å². The van der Waals surface area contributed by atoms with Crippen LogP contribution in [0.5, 0.6) is 0 Å². The molecule has 2 aromatic carbocycles. The molecule has 1 amide bonds. The zero-order valence-electron chi connectivity index (χ0n) is 15.8. The van der Waals surface area contributed by atoms with Gasteiger partial charge in [-0.1, -0.05) is 6.07 Å². The summed E-state index contributed by atoms with van der Waals surface area (Å²) in [4.78, 5) is 32.1. The number of methoxy groups -OCH3 is 1. The minimum atomic E-state index is -0.404. The van der Waals surface area contributed by atoms with Gasteiger partial charge in [0.15, 0.2) is 0 Å². The Kier molecular flexibility index (Phi) is 5.64. The number of rotatable bonds is 5. The van der Waals surface area contributed by atoms with Crippen LogP contribution < -0.4 is 10.6 Å². The Labute approximate surface area is 162 Å². The van der Waals surface area contributed by atoms with Crippen LogP contribution in [-0.4, -0.2) is 29.0 Å². The number of carbonyl (C=O) groups is 2. The Morgan fingerprint density at radius 1 is 0.893 bits per heavy atom. The molecular formula is C21H20N4O3. The van der Waals surface area contributed by atoms with Crippen molar-refractivity contribution >= 4 is 29.1 Å². The van der Waals surface area contributed by atoms with E-state index in [9.17, 15) is 9.59 Å². The molecule has 0 aliphatic rings. The van der Waals surface area contributed by atoms with Crippen molar-refractivity contribution in [1.82, 2.24) is 9.97 Å². The molecule has 3 aromatic rings. The normalized spacial score (nSPS) is 10.2. The van der Waals surface area contributed by atoms with Crippen molar-refractivity contribution in [2.75, 3.05) is 17.7 Å². The molecule has 2 N–H and O–H groups in total. The summed E-state index contributed by atoms with van der Waals surface area (Å²) in [6.45, 7) is 4.00. The third-order valence-corrected chi connectivity index (χ3v) is 4.24. The molecule has 0 unspecified atom stereocenters. The van der Waals surface area contributed by atoms with E-state index in [1.807, 2.05) is 32.0 Å². The molecule has 0 saturated heterocycles. The first-order chi connectivity index (χ1) is 13.5. The Morgan fingerprint density at radius 3 is 2.29 bits per heavy atom. The van der Waals surface area contributed by atoms with Gasteiger partial charge in [-0.05, 0) is 61.4 Å². The van der Waals surface area contributed by atoms with Gasteiger partial charge in [0, 0.05) is 17.4 Å². The second-order valence-corrected chi connectivity index (χ2v) is 6.24. The van der Waals surface area contributed by atoms with Crippen LogP contribution in [-0.2, 0) is 4.74 Å². The Hall–Kier alpha value is -3.74. The van der Waals surface area contributed by atoms with Gasteiger partial charge in [0.25, 0.3) is 5.91 Å². The molecule has 0 atom stereocenters. The number of nitrogens with one attached hydrogen (secondary N) is 2. The van der Waals surface area contributed by atoms with Crippen molar-refractivity contribution < 1.29 is 14.3 Å². The SMILES string of the molecule is COC(=O)c1ccc(Nc2cc(C(=O)Nc3ccc(C)c(C)c3)ncn2)cc1. The first kappa shape index (κ1) is 19.0. The number of hydrogen-bond acceptors (Lipinski definition) is 6. The lowest BCUT2D eigenvalue weighted by molar-refractivity contribution is 0.0600. The number of hydrogen-bond donors (Lipinski definition) is 2. The summed E-state index contributed by atoms with van der Waals surface area (Å²) in [5.41, 5.74) is 4.36. The summed E-state index contributed by atoms with van der Waals surface area (Å²) in [6, 6.07) is 14.0. The standard InChI is InChI=1S/C21H20N4O3/c1-13-4-7-17(10-14(13)2)25-20(26)18-11-19(23-12-22-18)24-16-8-5-15(6-9-16)21(27)28-3/h4-12H,1-3H3,(H,25,26)(H,22,23,24). The predicted molar refractivity (Wildman–Crippen MR) is 107 cm³/mol. The van der Waals surface area contributed by atoms with Crippen molar-refractivity contribution in [3.05, 3.63) is 77.2 Å². The molecule has 7 heteroatoms. The quantitative estimate of drug-likeness (QED) is 0.657.